The molecule has 0 rings (SSSR count). The summed E-state index contributed by atoms with van der Waals surface area (Å²) in [4.78, 5) is 17.1. The molecule has 0 aromatic heterocycles. The van der Waals surface area contributed by atoms with Crippen LogP contribution < -0.4 is 0 Å². The molecule has 0 unspecified atom stereocenters. The zero-order chi connectivity index (χ0) is 21.3. The van der Waals surface area contributed by atoms with Gasteiger partial charge in [0.05, 0.1) is 6.61 Å². The zero-order valence-corrected chi connectivity index (χ0v) is 19.9. The number of hydrogen-bond acceptors (Lipinski definition) is 3. The second-order valence-corrected chi connectivity index (χ2v) is 8.65. The van der Waals surface area contributed by atoms with Crippen molar-refractivity contribution in [3.63, 3.8) is 0 Å². The summed E-state index contributed by atoms with van der Waals surface area (Å²) in [6.07, 6.45) is 20.7. The maximum absolute atomic E-state index is 10.5. The third-order valence-corrected chi connectivity index (χ3v) is 5.18. The van der Waals surface area contributed by atoms with Crippen LogP contribution in [0.4, 0.5) is 0 Å². The third-order valence-electron chi connectivity index (χ3n) is 4.67. The summed E-state index contributed by atoms with van der Waals surface area (Å²) in [6, 6.07) is 0. The summed E-state index contributed by atoms with van der Waals surface area (Å²) in [5.74, 6) is 0. The predicted molar refractivity (Wildman–Crippen MR) is 127 cm³/mol. The van der Waals surface area contributed by atoms with E-state index in [2.05, 4.69) is 11.4 Å². The molecule has 0 aliphatic carbocycles. The van der Waals surface area contributed by atoms with Gasteiger partial charge in [0.1, 0.15) is 0 Å². The van der Waals surface area contributed by atoms with E-state index in [0.717, 1.165) is 32.5 Å². The number of ether oxygens (including phenoxy) is 1. The molecule has 0 fully saturated rings. The van der Waals surface area contributed by atoms with E-state index in [0.29, 0.717) is 0 Å². The quantitative estimate of drug-likeness (QED) is 0.118. The van der Waals surface area contributed by atoms with Gasteiger partial charge in [0.25, 0.3) is 0 Å². The van der Waals surface area contributed by atoms with Gasteiger partial charge in [0, 0.05) is 13.2 Å². The Labute approximate surface area is 224 Å². The first kappa shape index (κ1) is 35.3. The fourth-order valence-electron chi connectivity index (χ4n) is 3.04. The van der Waals surface area contributed by atoms with E-state index in [4.69, 9.17) is 14.5 Å². The normalized spacial score (nSPS) is 10.9. The molecule has 0 radical (unpaired) electrons. The van der Waals surface area contributed by atoms with Gasteiger partial charge in [-0.1, -0.05) is 103 Å². The van der Waals surface area contributed by atoms with Gasteiger partial charge in [0.2, 0.25) is 0 Å². The average Bonchev–Trinajstić information content (AvgIpc) is 2.64. The molecule has 0 heterocycles. The van der Waals surface area contributed by atoms with Crippen LogP contribution in [0.5, 0.6) is 0 Å². The van der Waals surface area contributed by atoms with Gasteiger partial charge in [-0.05, 0) is 20.3 Å². The van der Waals surface area contributed by atoms with Crippen LogP contribution in [0.25, 0.3) is 0 Å². The first-order valence-electron chi connectivity index (χ1n) is 11.8. The Bertz CT molecular complexity index is 324. The SMILES string of the molecule is CCCCCCCCCCCCCCCCCCOP(=O)(O)O.CCOCC.[KH]. The molecule has 0 aliphatic heterocycles. The van der Waals surface area contributed by atoms with Crippen LogP contribution >= 0.6 is 7.82 Å². The van der Waals surface area contributed by atoms with Gasteiger partial charge in [-0.25, -0.2) is 4.57 Å². The van der Waals surface area contributed by atoms with E-state index in [1.807, 2.05) is 13.8 Å². The molecule has 7 heteroatoms. The van der Waals surface area contributed by atoms with Gasteiger partial charge in [0.15, 0.2) is 0 Å². The molecule has 0 aromatic rings. The van der Waals surface area contributed by atoms with Crippen LogP contribution in [0.2, 0.25) is 0 Å². The van der Waals surface area contributed by atoms with Gasteiger partial charge >= 0.3 is 59.2 Å². The molecular weight excluding hydrogens is 414 g/mol. The Kier molecular flexibility index (Phi) is 36.2. The number of phosphoric acid groups is 1. The molecule has 5 nitrogen and oxygen atoms in total. The topological polar surface area (TPSA) is 76.0 Å². The third kappa shape index (κ3) is 40.6. The van der Waals surface area contributed by atoms with Gasteiger partial charge in [-0.15, -0.1) is 0 Å². The predicted octanol–water partition coefficient (Wildman–Crippen LogP) is 6.75. The molecule has 0 atom stereocenters. The number of rotatable bonds is 20. The number of unbranched alkanes of at least 4 members (excludes halogenated alkanes) is 15. The molecule has 174 valence electrons. The van der Waals surface area contributed by atoms with Crippen LogP contribution in [0, 0.1) is 0 Å². The van der Waals surface area contributed by atoms with Crippen LogP contribution in [0.3, 0.4) is 0 Å². The van der Waals surface area contributed by atoms with Crippen molar-refractivity contribution in [1.82, 2.24) is 0 Å². The molecule has 0 bridgehead atoms. The monoisotopic (exact) mass is 464 g/mol. The van der Waals surface area contributed by atoms with Crippen LogP contribution in [-0.4, -0.2) is 81.0 Å². The molecular formula is C22H50KO5P. The summed E-state index contributed by atoms with van der Waals surface area (Å²) in [5.41, 5.74) is 0. The van der Waals surface area contributed by atoms with E-state index in [1.54, 1.807) is 0 Å². The van der Waals surface area contributed by atoms with Crippen molar-refractivity contribution in [3.8, 4) is 0 Å². The van der Waals surface area contributed by atoms with E-state index < -0.39 is 7.82 Å². The fraction of sp³-hybridized carbons (Fsp3) is 1.00. The molecule has 0 aliphatic rings. The zero-order valence-electron chi connectivity index (χ0n) is 19.0. The Morgan fingerprint density at radius 3 is 1.14 bits per heavy atom. The average molecular weight is 465 g/mol. The Balaban J connectivity index is -0.000000997. The van der Waals surface area contributed by atoms with Crippen molar-refractivity contribution in [2.45, 2.75) is 124 Å². The van der Waals surface area contributed by atoms with Crippen molar-refractivity contribution >= 4 is 59.2 Å². The standard InChI is InChI=1S/C18H39O4P.C4H10O.K.H/c1-2-3-4-5-6-7-8-9-10-11-12-13-14-15-16-17-18-22-23(19,20)21;1-3-5-4-2;;/h2-18H2,1H3,(H2,19,20,21);3-4H2,1-2H3;;. The maximum atomic E-state index is 10.5. The molecule has 0 aromatic carbocycles. The second-order valence-electron chi connectivity index (χ2n) is 7.41. The van der Waals surface area contributed by atoms with Crippen LogP contribution in [-0.2, 0) is 13.8 Å². The molecule has 0 spiro atoms. The molecule has 0 saturated carbocycles. The minimum atomic E-state index is -4.26. The molecule has 2 N–H and O–H groups in total. The van der Waals surface area contributed by atoms with Crippen LogP contribution in [0.15, 0.2) is 0 Å². The summed E-state index contributed by atoms with van der Waals surface area (Å²) in [5, 5.41) is 0. The number of hydrogen-bond donors (Lipinski definition) is 2. The van der Waals surface area contributed by atoms with Crippen molar-refractivity contribution in [3.05, 3.63) is 0 Å². The van der Waals surface area contributed by atoms with Crippen molar-refractivity contribution in [1.29, 1.82) is 0 Å². The van der Waals surface area contributed by atoms with Crippen LogP contribution in [0.1, 0.15) is 124 Å². The van der Waals surface area contributed by atoms with Gasteiger partial charge in [-0.2, -0.15) is 0 Å². The van der Waals surface area contributed by atoms with Crippen molar-refractivity contribution in [2.24, 2.45) is 0 Å². The second kappa shape index (κ2) is 29.7. The van der Waals surface area contributed by atoms with Gasteiger partial charge in [-0.3, -0.25) is 4.52 Å². The summed E-state index contributed by atoms with van der Waals surface area (Å²) in [7, 11) is -4.26. The molecule has 0 saturated heterocycles. The Morgan fingerprint density at radius 1 is 0.586 bits per heavy atom. The Hall–Kier alpha value is 1.71. The molecule has 0 amide bonds. The summed E-state index contributed by atoms with van der Waals surface area (Å²) in [6.45, 7) is 8.10. The summed E-state index contributed by atoms with van der Waals surface area (Å²) < 4.78 is 19.7. The van der Waals surface area contributed by atoms with Crippen molar-refractivity contribution < 1.29 is 23.6 Å². The first-order valence-corrected chi connectivity index (χ1v) is 13.3. The first-order chi connectivity index (χ1) is 13.5. The van der Waals surface area contributed by atoms with Gasteiger partial charge < -0.3 is 14.5 Å². The fourth-order valence-corrected chi connectivity index (χ4v) is 3.40. The summed E-state index contributed by atoms with van der Waals surface area (Å²) >= 11 is 0. The van der Waals surface area contributed by atoms with E-state index in [9.17, 15) is 4.57 Å². The molecule has 29 heavy (non-hydrogen) atoms. The van der Waals surface area contributed by atoms with E-state index in [1.165, 1.54) is 83.5 Å². The Morgan fingerprint density at radius 2 is 0.897 bits per heavy atom. The number of phosphoric ester groups is 1. The van der Waals surface area contributed by atoms with E-state index >= 15 is 0 Å². The van der Waals surface area contributed by atoms with E-state index in [-0.39, 0.29) is 58.0 Å². The minimum absolute atomic E-state index is 0. The van der Waals surface area contributed by atoms with Crippen molar-refractivity contribution in [2.75, 3.05) is 19.8 Å².